The van der Waals surface area contributed by atoms with Crippen molar-refractivity contribution >= 4 is 5.97 Å². The highest BCUT2D eigenvalue weighted by Crippen LogP contribution is 2.23. The lowest BCUT2D eigenvalue weighted by Gasteiger charge is -2.39. The molecule has 0 spiro atoms. The number of rotatable bonds is 2. The maximum Gasteiger partial charge on any atom is 0.322 e. The smallest absolute Gasteiger partial charge is 0.322 e. The third kappa shape index (κ3) is 2.47. The van der Waals surface area contributed by atoms with Crippen LogP contribution in [0, 0.1) is 5.92 Å². The average molecular weight is 199 g/mol. The average Bonchev–Trinajstić information content (AvgIpc) is 2.19. The zero-order valence-corrected chi connectivity index (χ0v) is 9.62. The zero-order chi connectivity index (χ0) is 10.7. The molecule has 1 heterocycles. The Hall–Kier alpha value is -0.570. The summed E-state index contributed by atoms with van der Waals surface area (Å²) in [5.41, 5.74) is 0. The summed E-state index contributed by atoms with van der Waals surface area (Å²) in [5.74, 6) is 0.573. The summed E-state index contributed by atoms with van der Waals surface area (Å²) in [6.07, 6.45) is 2.45. The van der Waals surface area contributed by atoms with Crippen molar-refractivity contribution in [2.75, 3.05) is 13.7 Å². The predicted octanol–water partition coefficient (Wildman–Crippen LogP) is 1.67. The third-order valence-electron chi connectivity index (χ3n) is 3.21. The fraction of sp³-hybridized carbons (Fsp3) is 0.909. The van der Waals surface area contributed by atoms with Crippen LogP contribution in [0.15, 0.2) is 0 Å². The highest BCUT2D eigenvalue weighted by atomic mass is 16.5. The number of carbonyl (C=O) groups excluding carboxylic acids is 1. The fourth-order valence-electron chi connectivity index (χ4n) is 2.17. The quantitative estimate of drug-likeness (QED) is 0.634. The van der Waals surface area contributed by atoms with Crippen molar-refractivity contribution in [3.05, 3.63) is 0 Å². The van der Waals surface area contributed by atoms with E-state index in [0.717, 1.165) is 6.54 Å². The van der Waals surface area contributed by atoms with E-state index < -0.39 is 0 Å². The number of nitrogens with zero attached hydrogens (tertiary/aromatic N) is 1. The normalized spacial score (nSPS) is 31.1. The molecule has 1 aliphatic heterocycles. The van der Waals surface area contributed by atoms with Gasteiger partial charge in [0.2, 0.25) is 0 Å². The first-order chi connectivity index (χ1) is 6.56. The molecule has 0 bridgehead atoms. The number of hydrogen-bond acceptors (Lipinski definition) is 3. The highest BCUT2D eigenvalue weighted by Gasteiger charge is 2.30. The number of carbonyl (C=O) groups is 1. The SMILES string of the molecule is COC(=O)C(C)N1C[C@H](C)CC[C@H]1C. The van der Waals surface area contributed by atoms with E-state index >= 15 is 0 Å². The van der Waals surface area contributed by atoms with E-state index in [1.165, 1.54) is 20.0 Å². The van der Waals surface area contributed by atoms with Gasteiger partial charge in [0.25, 0.3) is 0 Å². The van der Waals surface area contributed by atoms with Crippen LogP contribution in [-0.2, 0) is 9.53 Å². The molecule has 0 aromatic heterocycles. The van der Waals surface area contributed by atoms with Gasteiger partial charge in [-0.15, -0.1) is 0 Å². The van der Waals surface area contributed by atoms with Crippen molar-refractivity contribution in [1.82, 2.24) is 4.90 Å². The molecular weight excluding hydrogens is 178 g/mol. The van der Waals surface area contributed by atoms with Crippen molar-refractivity contribution in [3.8, 4) is 0 Å². The summed E-state index contributed by atoms with van der Waals surface area (Å²) in [6, 6.07) is 0.401. The van der Waals surface area contributed by atoms with E-state index in [9.17, 15) is 4.79 Å². The van der Waals surface area contributed by atoms with Crippen LogP contribution in [0.25, 0.3) is 0 Å². The monoisotopic (exact) mass is 199 g/mol. The van der Waals surface area contributed by atoms with Gasteiger partial charge in [-0.05, 0) is 32.6 Å². The molecule has 1 rings (SSSR count). The Morgan fingerprint density at radius 1 is 1.43 bits per heavy atom. The van der Waals surface area contributed by atoms with Gasteiger partial charge in [-0.25, -0.2) is 0 Å². The number of methoxy groups -OCH3 is 1. The number of hydrogen-bond donors (Lipinski definition) is 0. The molecule has 0 aromatic carbocycles. The number of likely N-dealkylation sites (tertiary alicyclic amines) is 1. The Kier molecular flexibility index (Phi) is 3.93. The maximum absolute atomic E-state index is 11.4. The number of ether oxygens (including phenoxy) is 1. The molecule has 1 unspecified atom stereocenters. The molecule has 3 atom stereocenters. The van der Waals surface area contributed by atoms with E-state index in [1.807, 2.05) is 6.92 Å². The van der Waals surface area contributed by atoms with Crippen LogP contribution in [0.2, 0.25) is 0 Å². The summed E-state index contributed by atoms with van der Waals surface area (Å²) >= 11 is 0. The third-order valence-corrected chi connectivity index (χ3v) is 3.21. The van der Waals surface area contributed by atoms with Crippen molar-refractivity contribution in [2.45, 2.75) is 45.7 Å². The first kappa shape index (κ1) is 11.5. The Morgan fingerprint density at radius 3 is 2.64 bits per heavy atom. The molecule has 0 radical (unpaired) electrons. The van der Waals surface area contributed by atoms with Gasteiger partial charge in [0.15, 0.2) is 0 Å². The van der Waals surface area contributed by atoms with E-state index in [-0.39, 0.29) is 12.0 Å². The van der Waals surface area contributed by atoms with Gasteiger partial charge in [-0.3, -0.25) is 9.69 Å². The van der Waals surface area contributed by atoms with E-state index in [4.69, 9.17) is 4.74 Å². The second kappa shape index (κ2) is 4.78. The summed E-state index contributed by atoms with van der Waals surface area (Å²) in [7, 11) is 1.46. The Bertz CT molecular complexity index is 205. The van der Waals surface area contributed by atoms with Crippen molar-refractivity contribution < 1.29 is 9.53 Å². The Balaban J connectivity index is 2.59. The van der Waals surface area contributed by atoms with Crippen molar-refractivity contribution in [1.29, 1.82) is 0 Å². The standard InChI is InChI=1S/C11H21NO2/c1-8-5-6-9(2)12(7-8)10(3)11(13)14-4/h8-10H,5-7H2,1-4H3/t8-,9-,10?/m1/s1. The molecule has 14 heavy (non-hydrogen) atoms. The molecular formula is C11H21NO2. The fourth-order valence-corrected chi connectivity index (χ4v) is 2.17. The van der Waals surface area contributed by atoms with Gasteiger partial charge < -0.3 is 4.74 Å². The molecule has 0 amide bonds. The van der Waals surface area contributed by atoms with Crippen LogP contribution in [-0.4, -0.2) is 36.6 Å². The summed E-state index contributed by atoms with van der Waals surface area (Å²) in [5, 5.41) is 0. The summed E-state index contributed by atoms with van der Waals surface area (Å²) in [6.45, 7) is 7.37. The molecule has 82 valence electrons. The van der Waals surface area contributed by atoms with Crippen LogP contribution in [0.1, 0.15) is 33.6 Å². The van der Waals surface area contributed by atoms with Crippen LogP contribution >= 0.6 is 0 Å². The minimum absolute atomic E-state index is 0.0993. The summed E-state index contributed by atoms with van der Waals surface area (Å²) < 4.78 is 4.77. The molecule has 0 aromatic rings. The van der Waals surface area contributed by atoms with Gasteiger partial charge >= 0.3 is 5.97 Å². The van der Waals surface area contributed by atoms with E-state index in [1.54, 1.807) is 0 Å². The molecule has 0 aliphatic carbocycles. The van der Waals surface area contributed by atoms with Gasteiger partial charge in [-0.1, -0.05) is 6.92 Å². The Labute approximate surface area is 86.4 Å². The molecule has 3 heteroatoms. The Morgan fingerprint density at radius 2 is 2.07 bits per heavy atom. The molecule has 1 saturated heterocycles. The molecule has 1 fully saturated rings. The van der Waals surface area contributed by atoms with Gasteiger partial charge in [0.1, 0.15) is 6.04 Å². The maximum atomic E-state index is 11.4. The van der Waals surface area contributed by atoms with Crippen molar-refractivity contribution in [3.63, 3.8) is 0 Å². The van der Waals surface area contributed by atoms with Crippen LogP contribution in [0.4, 0.5) is 0 Å². The van der Waals surface area contributed by atoms with Crippen molar-refractivity contribution in [2.24, 2.45) is 5.92 Å². The van der Waals surface area contributed by atoms with E-state index in [0.29, 0.717) is 12.0 Å². The lowest BCUT2D eigenvalue weighted by Crippen LogP contribution is -2.49. The number of esters is 1. The predicted molar refractivity (Wildman–Crippen MR) is 56.0 cm³/mol. The molecule has 0 saturated carbocycles. The zero-order valence-electron chi connectivity index (χ0n) is 9.62. The lowest BCUT2D eigenvalue weighted by molar-refractivity contribution is -0.148. The largest absolute Gasteiger partial charge is 0.468 e. The highest BCUT2D eigenvalue weighted by molar-refractivity contribution is 5.75. The minimum Gasteiger partial charge on any atom is -0.468 e. The first-order valence-corrected chi connectivity index (χ1v) is 5.39. The van der Waals surface area contributed by atoms with Gasteiger partial charge in [-0.2, -0.15) is 0 Å². The number of piperidine rings is 1. The lowest BCUT2D eigenvalue weighted by atomic mass is 9.94. The molecule has 1 aliphatic rings. The second-order valence-corrected chi connectivity index (χ2v) is 4.43. The molecule has 3 nitrogen and oxygen atoms in total. The van der Waals surface area contributed by atoms with Gasteiger partial charge in [0.05, 0.1) is 7.11 Å². The van der Waals surface area contributed by atoms with E-state index in [2.05, 4.69) is 18.7 Å². The van der Waals surface area contributed by atoms with Crippen LogP contribution < -0.4 is 0 Å². The minimum atomic E-state index is -0.119. The van der Waals surface area contributed by atoms with Crippen LogP contribution in [0.3, 0.4) is 0 Å². The molecule has 0 N–H and O–H groups in total. The first-order valence-electron chi connectivity index (χ1n) is 5.39. The summed E-state index contributed by atoms with van der Waals surface area (Å²) in [4.78, 5) is 13.6. The van der Waals surface area contributed by atoms with Crippen LogP contribution in [0.5, 0.6) is 0 Å². The second-order valence-electron chi connectivity index (χ2n) is 4.43. The topological polar surface area (TPSA) is 29.5 Å². The van der Waals surface area contributed by atoms with Gasteiger partial charge in [0, 0.05) is 12.6 Å².